The number of cyclic esters (lactones) is 1. The fourth-order valence-corrected chi connectivity index (χ4v) is 3.08. The van der Waals surface area contributed by atoms with E-state index in [0.717, 1.165) is 27.6 Å². The zero-order chi connectivity index (χ0) is 15.1. The second-order valence-corrected chi connectivity index (χ2v) is 5.28. The lowest BCUT2D eigenvalue weighted by Crippen LogP contribution is -2.02. The number of rotatable bonds is 2. The molecule has 0 aliphatic carbocycles. The lowest BCUT2D eigenvalue weighted by atomic mass is 9.94. The highest BCUT2D eigenvalue weighted by Crippen LogP contribution is 2.40. The van der Waals surface area contributed by atoms with Crippen LogP contribution in [-0.4, -0.2) is 13.1 Å². The fraction of sp³-hybridized carbons (Fsp3) is 0.105. The van der Waals surface area contributed by atoms with Crippen LogP contribution in [0.4, 0.5) is 0 Å². The van der Waals surface area contributed by atoms with Crippen molar-refractivity contribution >= 4 is 16.7 Å². The van der Waals surface area contributed by atoms with Crippen LogP contribution in [0.15, 0.2) is 60.7 Å². The molecular formula is C19H14O3. The van der Waals surface area contributed by atoms with E-state index in [0.29, 0.717) is 5.56 Å². The van der Waals surface area contributed by atoms with E-state index in [4.69, 9.17) is 9.47 Å². The Morgan fingerprint density at radius 2 is 1.59 bits per heavy atom. The average Bonchev–Trinajstić information content (AvgIpc) is 2.91. The smallest absolute Gasteiger partial charge is 0.339 e. The minimum absolute atomic E-state index is 0.263. The molecule has 3 aromatic carbocycles. The number of carbonyl (C=O) groups excluding carboxylic acids is 1. The molecule has 3 aromatic rings. The molecule has 0 spiro atoms. The van der Waals surface area contributed by atoms with Crippen molar-refractivity contribution in [3.8, 4) is 5.75 Å². The SMILES string of the molecule is COc1ccc([C@@H]2OC(=O)c3ccccc32)c2ccccc12. The summed E-state index contributed by atoms with van der Waals surface area (Å²) < 4.78 is 11.0. The molecule has 4 rings (SSSR count). The van der Waals surface area contributed by atoms with E-state index in [2.05, 4.69) is 0 Å². The summed E-state index contributed by atoms with van der Waals surface area (Å²) in [5.41, 5.74) is 2.55. The highest BCUT2D eigenvalue weighted by Gasteiger charge is 2.32. The van der Waals surface area contributed by atoms with Crippen LogP contribution in [0, 0.1) is 0 Å². The zero-order valence-electron chi connectivity index (χ0n) is 12.1. The van der Waals surface area contributed by atoms with Gasteiger partial charge in [0.25, 0.3) is 0 Å². The van der Waals surface area contributed by atoms with Crippen LogP contribution in [0.2, 0.25) is 0 Å². The van der Waals surface area contributed by atoms with Crippen molar-refractivity contribution < 1.29 is 14.3 Å². The van der Waals surface area contributed by atoms with E-state index in [1.165, 1.54) is 0 Å². The van der Waals surface area contributed by atoms with Gasteiger partial charge in [0, 0.05) is 16.5 Å². The number of hydrogen-bond donors (Lipinski definition) is 0. The molecule has 1 atom stereocenters. The highest BCUT2D eigenvalue weighted by atomic mass is 16.5. The van der Waals surface area contributed by atoms with Gasteiger partial charge >= 0.3 is 5.97 Å². The van der Waals surface area contributed by atoms with Gasteiger partial charge in [0.15, 0.2) is 6.10 Å². The van der Waals surface area contributed by atoms with E-state index in [-0.39, 0.29) is 12.1 Å². The summed E-state index contributed by atoms with van der Waals surface area (Å²) in [5, 5.41) is 2.05. The van der Waals surface area contributed by atoms with Gasteiger partial charge in [0.05, 0.1) is 12.7 Å². The predicted molar refractivity (Wildman–Crippen MR) is 84.2 cm³/mol. The van der Waals surface area contributed by atoms with E-state index in [1.807, 2.05) is 60.7 Å². The van der Waals surface area contributed by atoms with Crippen LogP contribution in [0.1, 0.15) is 27.6 Å². The van der Waals surface area contributed by atoms with Crippen molar-refractivity contribution in [2.45, 2.75) is 6.10 Å². The Kier molecular flexibility index (Phi) is 2.86. The zero-order valence-corrected chi connectivity index (χ0v) is 12.1. The number of ether oxygens (including phenoxy) is 2. The van der Waals surface area contributed by atoms with Crippen molar-refractivity contribution in [3.05, 3.63) is 77.4 Å². The Hall–Kier alpha value is -2.81. The van der Waals surface area contributed by atoms with Gasteiger partial charge in [-0.3, -0.25) is 0 Å². The predicted octanol–water partition coefficient (Wildman–Crippen LogP) is 4.11. The molecule has 0 fully saturated rings. The van der Waals surface area contributed by atoms with Crippen molar-refractivity contribution in [1.82, 2.24) is 0 Å². The first-order valence-electron chi connectivity index (χ1n) is 7.15. The van der Waals surface area contributed by atoms with Gasteiger partial charge in [-0.2, -0.15) is 0 Å². The monoisotopic (exact) mass is 290 g/mol. The number of fused-ring (bicyclic) bond motifs is 2. The van der Waals surface area contributed by atoms with Gasteiger partial charge in [0.1, 0.15) is 5.75 Å². The van der Waals surface area contributed by atoms with Gasteiger partial charge in [0.2, 0.25) is 0 Å². The van der Waals surface area contributed by atoms with Crippen LogP contribution in [0.25, 0.3) is 10.8 Å². The molecule has 0 amide bonds. The van der Waals surface area contributed by atoms with Crippen molar-refractivity contribution in [2.75, 3.05) is 7.11 Å². The van der Waals surface area contributed by atoms with Gasteiger partial charge in [-0.15, -0.1) is 0 Å². The molecule has 3 heteroatoms. The summed E-state index contributed by atoms with van der Waals surface area (Å²) in [6.45, 7) is 0. The quantitative estimate of drug-likeness (QED) is 0.666. The summed E-state index contributed by atoms with van der Waals surface area (Å²) in [5.74, 6) is 0.553. The molecule has 0 saturated carbocycles. The summed E-state index contributed by atoms with van der Waals surface area (Å²) in [7, 11) is 1.66. The van der Waals surface area contributed by atoms with Gasteiger partial charge in [-0.05, 0) is 17.5 Å². The Bertz CT molecular complexity index is 883. The number of carbonyl (C=O) groups is 1. The Labute approximate surface area is 128 Å². The Balaban J connectivity index is 1.95. The molecule has 0 saturated heterocycles. The highest BCUT2D eigenvalue weighted by molar-refractivity contribution is 5.97. The molecule has 0 N–H and O–H groups in total. The molecule has 1 heterocycles. The van der Waals surface area contributed by atoms with E-state index in [1.54, 1.807) is 7.11 Å². The van der Waals surface area contributed by atoms with Crippen LogP contribution >= 0.6 is 0 Å². The van der Waals surface area contributed by atoms with Crippen molar-refractivity contribution in [3.63, 3.8) is 0 Å². The molecule has 22 heavy (non-hydrogen) atoms. The summed E-state index contributed by atoms with van der Waals surface area (Å²) in [6, 6.07) is 19.4. The number of hydrogen-bond acceptors (Lipinski definition) is 3. The third kappa shape index (κ3) is 1.79. The molecule has 0 unspecified atom stereocenters. The molecule has 1 aliphatic rings. The largest absolute Gasteiger partial charge is 0.496 e. The Morgan fingerprint density at radius 1 is 0.864 bits per heavy atom. The van der Waals surface area contributed by atoms with Crippen LogP contribution in [-0.2, 0) is 4.74 Å². The van der Waals surface area contributed by atoms with Crippen molar-refractivity contribution in [1.29, 1.82) is 0 Å². The first-order valence-corrected chi connectivity index (χ1v) is 7.15. The minimum Gasteiger partial charge on any atom is -0.496 e. The van der Waals surface area contributed by atoms with Gasteiger partial charge in [-0.25, -0.2) is 4.79 Å². The summed E-state index contributed by atoms with van der Waals surface area (Å²) in [4.78, 5) is 12.1. The Morgan fingerprint density at radius 3 is 2.41 bits per heavy atom. The molecular weight excluding hydrogens is 276 g/mol. The maximum atomic E-state index is 12.1. The maximum absolute atomic E-state index is 12.1. The lowest BCUT2D eigenvalue weighted by Gasteiger charge is -2.15. The molecule has 0 bridgehead atoms. The molecule has 3 nitrogen and oxygen atoms in total. The molecule has 1 aliphatic heterocycles. The molecule has 108 valence electrons. The standard InChI is InChI=1S/C19H14O3/c1-21-17-11-10-15(12-6-2-3-7-13(12)17)18-14-8-4-5-9-16(14)19(20)22-18/h2-11,18H,1H3/t18-/m1/s1. The van der Waals surface area contributed by atoms with Gasteiger partial charge < -0.3 is 9.47 Å². The second kappa shape index (κ2) is 4.88. The van der Waals surface area contributed by atoms with Gasteiger partial charge in [-0.1, -0.05) is 48.5 Å². The molecule has 0 aromatic heterocycles. The molecule has 0 radical (unpaired) electrons. The number of methoxy groups -OCH3 is 1. The normalized spacial score (nSPS) is 16.4. The van der Waals surface area contributed by atoms with E-state index >= 15 is 0 Å². The third-order valence-corrected chi connectivity index (χ3v) is 4.11. The van der Waals surface area contributed by atoms with E-state index < -0.39 is 0 Å². The number of esters is 1. The summed E-state index contributed by atoms with van der Waals surface area (Å²) >= 11 is 0. The maximum Gasteiger partial charge on any atom is 0.339 e. The van der Waals surface area contributed by atoms with E-state index in [9.17, 15) is 4.79 Å². The second-order valence-electron chi connectivity index (χ2n) is 5.28. The number of benzene rings is 3. The first-order chi connectivity index (χ1) is 10.8. The van der Waals surface area contributed by atoms with Crippen LogP contribution < -0.4 is 4.74 Å². The first kappa shape index (κ1) is 12.9. The fourth-order valence-electron chi connectivity index (χ4n) is 3.08. The topological polar surface area (TPSA) is 35.5 Å². The lowest BCUT2D eigenvalue weighted by molar-refractivity contribution is 0.0458. The van der Waals surface area contributed by atoms with Crippen molar-refractivity contribution in [2.24, 2.45) is 0 Å². The minimum atomic E-state index is -0.362. The summed E-state index contributed by atoms with van der Waals surface area (Å²) in [6.07, 6.45) is -0.362. The van der Waals surface area contributed by atoms with Crippen LogP contribution in [0.5, 0.6) is 5.75 Å². The average molecular weight is 290 g/mol. The van der Waals surface area contributed by atoms with Crippen LogP contribution in [0.3, 0.4) is 0 Å². The third-order valence-electron chi connectivity index (χ3n) is 4.11.